The van der Waals surface area contributed by atoms with E-state index in [9.17, 15) is 35.9 Å². The summed E-state index contributed by atoms with van der Waals surface area (Å²) in [6, 6.07) is 11.3. The third-order valence-corrected chi connectivity index (χ3v) is 7.79. The average Bonchev–Trinajstić information content (AvgIpc) is 3.55. The van der Waals surface area contributed by atoms with Crippen LogP contribution in [-0.4, -0.2) is 56.8 Å². The fraction of sp³-hybridized carbons (Fsp3) is 0.241. The molecule has 0 atom stereocenters. The lowest BCUT2D eigenvalue weighted by molar-refractivity contribution is -0.142. The van der Waals surface area contributed by atoms with Crippen molar-refractivity contribution in [1.29, 1.82) is 0 Å². The molecule has 4 heterocycles. The van der Waals surface area contributed by atoms with Crippen LogP contribution < -0.4 is 10.2 Å². The molecule has 0 radical (unpaired) electrons. The quantitative estimate of drug-likeness (QED) is 0.336. The summed E-state index contributed by atoms with van der Waals surface area (Å²) in [6.07, 6.45) is -1.85. The predicted octanol–water partition coefficient (Wildman–Crippen LogP) is 4.94. The van der Waals surface area contributed by atoms with Gasteiger partial charge in [0.05, 0.1) is 18.1 Å². The number of likely N-dealkylation sites (tertiary alicyclic amines) is 1. The van der Waals surface area contributed by atoms with Gasteiger partial charge in [-0.2, -0.15) is 18.3 Å². The molecule has 2 amide bonds. The maximum Gasteiger partial charge on any atom is 0.422 e. The highest BCUT2D eigenvalue weighted by atomic mass is 19.4. The minimum Gasteiger partial charge on any atom is -0.339 e. The zero-order valence-electron chi connectivity index (χ0n) is 22.2. The van der Waals surface area contributed by atoms with E-state index in [4.69, 9.17) is 0 Å². The van der Waals surface area contributed by atoms with Gasteiger partial charge in [-0.15, -0.1) is 0 Å². The van der Waals surface area contributed by atoms with Crippen LogP contribution in [0.2, 0.25) is 0 Å². The number of anilines is 1. The summed E-state index contributed by atoms with van der Waals surface area (Å²) in [5, 5.41) is 7.06. The standard InChI is InChI=1S/C29H22F6N6O2/c30-18-3-5-19(6-4-18)40-16-37-27(43)28(40)7-10-39(11-8-28)26(42)23-14-24(17-2-1-9-36-15-17)41(38-23)20-12-21(31)25(22(32)13-20)29(33,34)35/h1-6,9,12-15H,7-8,10-11,16H2,(H,37,43). The Bertz CT molecular complexity index is 1680. The zero-order chi connectivity index (χ0) is 30.5. The van der Waals surface area contributed by atoms with Crippen LogP contribution >= 0.6 is 0 Å². The van der Waals surface area contributed by atoms with Crippen molar-refractivity contribution in [2.75, 3.05) is 24.7 Å². The van der Waals surface area contributed by atoms with Crippen molar-refractivity contribution in [2.24, 2.45) is 0 Å². The first-order valence-corrected chi connectivity index (χ1v) is 13.2. The topological polar surface area (TPSA) is 83.4 Å². The molecule has 0 aliphatic carbocycles. The van der Waals surface area contributed by atoms with Gasteiger partial charge >= 0.3 is 6.18 Å². The van der Waals surface area contributed by atoms with Crippen LogP contribution in [0.1, 0.15) is 28.9 Å². The number of nitrogens with zero attached hydrogens (tertiary/aromatic N) is 5. The van der Waals surface area contributed by atoms with Crippen LogP contribution in [0, 0.1) is 17.5 Å². The van der Waals surface area contributed by atoms with Crippen molar-refractivity contribution in [1.82, 2.24) is 25.0 Å². The fourth-order valence-electron chi connectivity index (χ4n) is 5.64. The molecule has 1 N–H and O–H groups in total. The summed E-state index contributed by atoms with van der Waals surface area (Å²) in [5.41, 5.74) is -2.26. The second-order valence-corrected chi connectivity index (χ2v) is 10.2. The molecule has 2 aliphatic heterocycles. The minimum absolute atomic E-state index is 0.123. The number of nitrogens with one attached hydrogen (secondary N) is 1. The number of hydrogen-bond acceptors (Lipinski definition) is 5. The Kier molecular flexibility index (Phi) is 6.86. The molecule has 2 aliphatic rings. The van der Waals surface area contributed by atoms with E-state index < -0.39 is 40.6 Å². The number of hydrogen-bond donors (Lipinski definition) is 1. The molecule has 2 saturated heterocycles. The molecular formula is C29H22F6N6O2. The van der Waals surface area contributed by atoms with Gasteiger partial charge in [0, 0.05) is 48.9 Å². The molecule has 0 saturated carbocycles. The maximum atomic E-state index is 14.5. The van der Waals surface area contributed by atoms with E-state index in [1.54, 1.807) is 24.3 Å². The van der Waals surface area contributed by atoms with Gasteiger partial charge in [-0.3, -0.25) is 14.6 Å². The average molecular weight is 601 g/mol. The van der Waals surface area contributed by atoms with Crippen molar-refractivity contribution >= 4 is 17.5 Å². The Morgan fingerprint density at radius 1 is 0.930 bits per heavy atom. The second kappa shape index (κ2) is 10.4. The minimum atomic E-state index is -5.25. The molecule has 2 fully saturated rings. The van der Waals surface area contributed by atoms with E-state index in [1.807, 2.05) is 4.90 Å². The Labute approximate surface area is 240 Å². The lowest BCUT2D eigenvalue weighted by Crippen LogP contribution is -2.57. The van der Waals surface area contributed by atoms with Gasteiger partial charge in [0.2, 0.25) is 5.91 Å². The predicted molar refractivity (Wildman–Crippen MR) is 141 cm³/mol. The Hall–Kier alpha value is -4.88. The molecule has 14 heteroatoms. The normalized spacial score (nSPS) is 16.6. The molecular weight excluding hydrogens is 578 g/mol. The molecule has 43 heavy (non-hydrogen) atoms. The van der Waals surface area contributed by atoms with Crippen molar-refractivity contribution < 1.29 is 35.9 Å². The number of halogens is 6. The van der Waals surface area contributed by atoms with Crippen molar-refractivity contribution in [2.45, 2.75) is 24.6 Å². The number of alkyl halides is 3. The number of rotatable bonds is 4. The summed E-state index contributed by atoms with van der Waals surface area (Å²) in [4.78, 5) is 33.9. The molecule has 2 aromatic carbocycles. The Balaban J connectivity index is 1.30. The van der Waals surface area contributed by atoms with Crippen LogP contribution in [-0.2, 0) is 11.0 Å². The van der Waals surface area contributed by atoms with Crippen molar-refractivity contribution in [3.05, 3.63) is 95.7 Å². The largest absolute Gasteiger partial charge is 0.422 e. The lowest BCUT2D eigenvalue weighted by Gasteiger charge is -2.43. The maximum absolute atomic E-state index is 14.5. The molecule has 8 nitrogen and oxygen atoms in total. The summed E-state index contributed by atoms with van der Waals surface area (Å²) < 4.78 is 83.0. The summed E-state index contributed by atoms with van der Waals surface area (Å²) >= 11 is 0. The van der Waals surface area contributed by atoms with Crippen LogP contribution in [0.15, 0.2) is 67.0 Å². The smallest absolute Gasteiger partial charge is 0.339 e. The number of pyridine rings is 1. The molecule has 222 valence electrons. The highest BCUT2D eigenvalue weighted by molar-refractivity contribution is 5.96. The highest BCUT2D eigenvalue weighted by Gasteiger charge is 2.51. The molecule has 2 aromatic heterocycles. The molecule has 0 bridgehead atoms. The van der Waals surface area contributed by atoms with Crippen LogP contribution in [0.3, 0.4) is 0 Å². The number of carbonyl (C=O) groups excluding carboxylic acids is 2. The van der Waals surface area contributed by atoms with E-state index in [0.717, 1.165) is 4.68 Å². The van der Waals surface area contributed by atoms with Crippen LogP contribution in [0.25, 0.3) is 16.9 Å². The summed E-state index contributed by atoms with van der Waals surface area (Å²) in [5.74, 6) is -4.82. The van der Waals surface area contributed by atoms with Crippen LogP contribution in [0.5, 0.6) is 0 Å². The number of carbonyl (C=O) groups is 2. The van der Waals surface area contributed by atoms with E-state index in [1.165, 1.54) is 35.5 Å². The zero-order valence-corrected chi connectivity index (χ0v) is 22.2. The van der Waals surface area contributed by atoms with E-state index in [2.05, 4.69) is 15.4 Å². The van der Waals surface area contributed by atoms with Gasteiger partial charge in [-0.05, 0) is 55.3 Å². The van der Waals surface area contributed by atoms with Gasteiger partial charge in [0.1, 0.15) is 28.6 Å². The Morgan fingerprint density at radius 3 is 2.21 bits per heavy atom. The van der Waals surface area contributed by atoms with Crippen molar-refractivity contribution in [3.63, 3.8) is 0 Å². The van der Waals surface area contributed by atoms with Gasteiger partial charge in [-0.1, -0.05) is 0 Å². The number of benzene rings is 2. The first kappa shape index (κ1) is 28.2. The fourth-order valence-corrected chi connectivity index (χ4v) is 5.64. The molecule has 6 rings (SSSR count). The van der Waals surface area contributed by atoms with Gasteiger partial charge in [0.15, 0.2) is 5.69 Å². The third-order valence-electron chi connectivity index (χ3n) is 7.79. The number of piperidine rings is 1. The van der Waals surface area contributed by atoms with E-state index >= 15 is 0 Å². The number of aromatic nitrogens is 3. The Morgan fingerprint density at radius 2 is 1.60 bits per heavy atom. The van der Waals surface area contributed by atoms with E-state index in [-0.39, 0.29) is 55.6 Å². The number of amides is 2. The van der Waals surface area contributed by atoms with Gasteiger partial charge in [0.25, 0.3) is 5.91 Å². The van der Waals surface area contributed by atoms with E-state index in [0.29, 0.717) is 23.4 Å². The monoisotopic (exact) mass is 600 g/mol. The molecule has 1 spiro atoms. The second-order valence-electron chi connectivity index (χ2n) is 10.2. The first-order valence-electron chi connectivity index (χ1n) is 13.2. The SMILES string of the molecule is O=C(c1cc(-c2cccnc2)n(-c2cc(F)c(C(F)(F)F)c(F)c2)n1)N1CCC2(CC1)C(=O)NCN2c1ccc(F)cc1. The van der Waals surface area contributed by atoms with Gasteiger partial charge < -0.3 is 15.1 Å². The third kappa shape index (κ3) is 4.96. The first-order chi connectivity index (χ1) is 20.5. The van der Waals surface area contributed by atoms with Crippen LogP contribution in [0.4, 0.5) is 32.0 Å². The highest BCUT2D eigenvalue weighted by Crippen LogP contribution is 2.38. The lowest BCUT2D eigenvalue weighted by atomic mass is 9.85. The summed E-state index contributed by atoms with van der Waals surface area (Å²) in [7, 11) is 0. The molecule has 0 unspecified atom stereocenters. The summed E-state index contributed by atoms with van der Waals surface area (Å²) in [6.45, 7) is 0.530. The molecule has 4 aromatic rings. The van der Waals surface area contributed by atoms with Gasteiger partial charge in [-0.25, -0.2) is 17.9 Å². The van der Waals surface area contributed by atoms with Crippen molar-refractivity contribution in [3.8, 4) is 16.9 Å².